The van der Waals surface area contributed by atoms with Crippen molar-refractivity contribution in [1.82, 2.24) is 0 Å². The molecule has 18 heavy (non-hydrogen) atoms. The molecule has 2 rings (SSSR count). The molecule has 1 aliphatic heterocycles. The van der Waals surface area contributed by atoms with Crippen LogP contribution in [0.4, 0.5) is 4.79 Å². The lowest BCUT2D eigenvalue weighted by atomic mass is 10.1. The SMILES string of the molecule is CO[C@H]1C[C@@H](COC(=O)Oc2ccccc2)CO1. The molecule has 0 radical (unpaired) electrons. The molecule has 2 atom stereocenters. The molecule has 0 spiro atoms. The van der Waals surface area contributed by atoms with E-state index in [9.17, 15) is 4.79 Å². The molecule has 1 fully saturated rings. The van der Waals surface area contributed by atoms with Crippen LogP contribution in [0.1, 0.15) is 6.42 Å². The number of hydrogen-bond donors (Lipinski definition) is 0. The molecule has 0 amide bonds. The quantitative estimate of drug-likeness (QED) is 0.607. The van der Waals surface area contributed by atoms with E-state index in [4.69, 9.17) is 18.9 Å². The molecule has 1 aliphatic rings. The van der Waals surface area contributed by atoms with Gasteiger partial charge in [-0.1, -0.05) is 18.2 Å². The Labute approximate surface area is 106 Å². The number of carbonyl (C=O) groups is 1. The van der Waals surface area contributed by atoms with Gasteiger partial charge in [0.1, 0.15) is 12.4 Å². The molecule has 1 saturated heterocycles. The molecule has 1 aromatic carbocycles. The smallest absolute Gasteiger partial charge is 0.434 e. The summed E-state index contributed by atoms with van der Waals surface area (Å²) < 4.78 is 20.4. The predicted octanol–water partition coefficient (Wildman–Crippen LogP) is 2.21. The summed E-state index contributed by atoms with van der Waals surface area (Å²) in [4.78, 5) is 11.4. The molecule has 98 valence electrons. The van der Waals surface area contributed by atoms with Crippen molar-refractivity contribution in [3.63, 3.8) is 0 Å². The van der Waals surface area contributed by atoms with Crippen molar-refractivity contribution in [2.45, 2.75) is 12.7 Å². The number of hydrogen-bond acceptors (Lipinski definition) is 5. The third kappa shape index (κ3) is 3.72. The summed E-state index contributed by atoms with van der Waals surface area (Å²) in [7, 11) is 1.59. The average molecular weight is 252 g/mol. The largest absolute Gasteiger partial charge is 0.513 e. The highest BCUT2D eigenvalue weighted by atomic mass is 16.7. The van der Waals surface area contributed by atoms with E-state index in [1.807, 2.05) is 6.07 Å². The summed E-state index contributed by atoms with van der Waals surface area (Å²) in [5, 5.41) is 0. The number of para-hydroxylation sites is 1. The third-order valence-electron chi connectivity index (χ3n) is 2.69. The van der Waals surface area contributed by atoms with Crippen LogP contribution in [0.25, 0.3) is 0 Å². The first-order valence-electron chi connectivity index (χ1n) is 5.82. The Balaban J connectivity index is 1.69. The van der Waals surface area contributed by atoms with Gasteiger partial charge < -0.3 is 18.9 Å². The Morgan fingerprint density at radius 2 is 2.17 bits per heavy atom. The molecule has 5 heteroatoms. The zero-order valence-corrected chi connectivity index (χ0v) is 10.2. The molecule has 0 unspecified atom stereocenters. The minimum absolute atomic E-state index is 0.165. The first-order chi connectivity index (χ1) is 8.78. The molecule has 0 aromatic heterocycles. The van der Waals surface area contributed by atoms with Gasteiger partial charge in [0, 0.05) is 19.4 Å². The highest BCUT2D eigenvalue weighted by molar-refractivity contribution is 5.63. The Morgan fingerprint density at radius 3 is 2.83 bits per heavy atom. The van der Waals surface area contributed by atoms with Crippen LogP contribution in [-0.2, 0) is 14.2 Å². The van der Waals surface area contributed by atoms with Crippen molar-refractivity contribution in [2.24, 2.45) is 5.92 Å². The van der Waals surface area contributed by atoms with Crippen LogP contribution in [0.15, 0.2) is 30.3 Å². The van der Waals surface area contributed by atoms with Crippen LogP contribution in [0, 0.1) is 5.92 Å². The van der Waals surface area contributed by atoms with Crippen LogP contribution in [-0.4, -0.2) is 32.8 Å². The fourth-order valence-electron chi connectivity index (χ4n) is 1.73. The minimum atomic E-state index is -0.693. The molecule has 1 aromatic rings. The van der Waals surface area contributed by atoms with Gasteiger partial charge in [0.25, 0.3) is 0 Å². The van der Waals surface area contributed by atoms with E-state index in [2.05, 4.69) is 0 Å². The zero-order chi connectivity index (χ0) is 12.8. The van der Waals surface area contributed by atoms with Gasteiger partial charge >= 0.3 is 6.16 Å². The van der Waals surface area contributed by atoms with Crippen molar-refractivity contribution in [2.75, 3.05) is 20.3 Å². The summed E-state index contributed by atoms with van der Waals surface area (Å²) in [5.74, 6) is 0.637. The third-order valence-corrected chi connectivity index (χ3v) is 2.69. The maximum absolute atomic E-state index is 11.4. The highest BCUT2D eigenvalue weighted by Gasteiger charge is 2.26. The number of ether oxygens (including phenoxy) is 4. The van der Waals surface area contributed by atoms with Crippen molar-refractivity contribution in [1.29, 1.82) is 0 Å². The second-order valence-corrected chi connectivity index (χ2v) is 4.08. The van der Waals surface area contributed by atoms with Crippen molar-refractivity contribution < 1.29 is 23.7 Å². The Bertz CT molecular complexity index is 378. The molecule has 1 heterocycles. The first-order valence-corrected chi connectivity index (χ1v) is 5.82. The van der Waals surface area contributed by atoms with Crippen molar-refractivity contribution in [3.8, 4) is 5.75 Å². The number of rotatable bonds is 4. The number of benzene rings is 1. The average Bonchev–Trinajstić information content (AvgIpc) is 2.85. The molecule has 0 aliphatic carbocycles. The lowest BCUT2D eigenvalue weighted by Crippen LogP contribution is -2.17. The monoisotopic (exact) mass is 252 g/mol. The summed E-state index contributed by atoms with van der Waals surface area (Å²) in [5.41, 5.74) is 0. The van der Waals surface area contributed by atoms with E-state index in [0.717, 1.165) is 6.42 Å². The second kappa shape index (κ2) is 6.37. The van der Waals surface area contributed by atoms with Gasteiger partial charge in [-0.3, -0.25) is 0 Å². The molecule has 0 saturated carbocycles. The van der Waals surface area contributed by atoms with E-state index in [0.29, 0.717) is 12.4 Å². The van der Waals surface area contributed by atoms with Gasteiger partial charge in [0.2, 0.25) is 0 Å². The fourth-order valence-corrected chi connectivity index (χ4v) is 1.73. The molecule has 5 nitrogen and oxygen atoms in total. The Kier molecular flexibility index (Phi) is 4.55. The van der Waals surface area contributed by atoms with Gasteiger partial charge in [-0.2, -0.15) is 0 Å². The van der Waals surface area contributed by atoms with E-state index < -0.39 is 6.16 Å². The first kappa shape index (κ1) is 12.9. The maximum Gasteiger partial charge on any atom is 0.513 e. The highest BCUT2D eigenvalue weighted by Crippen LogP contribution is 2.20. The zero-order valence-electron chi connectivity index (χ0n) is 10.2. The van der Waals surface area contributed by atoms with E-state index in [1.54, 1.807) is 31.4 Å². The molecule has 0 N–H and O–H groups in total. The van der Waals surface area contributed by atoms with Gasteiger partial charge in [-0.05, 0) is 12.1 Å². The molecule has 0 bridgehead atoms. The molecular weight excluding hydrogens is 236 g/mol. The van der Waals surface area contributed by atoms with Crippen LogP contribution in [0.2, 0.25) is 0 Å². The second-order valence-electron chi connectivity index (χ2n) is 4.08. The number of methoxy groups -OCH3 is 1. The summed E-state index contributed by atoms with van der Waals surface area (Å²) in [6.45, 7) is 0.822. The predicted molar refractivity (Wildman–Crippen MR) is 63.3 cm³/mol. The standard InChI is InChI=1S/C13H16O5/c1-15-12-7-10(8-16-12)9-17-13(14)18-11-5-3-2-4-6-11/h2-6,10,12H,7-9H2,1H3/t10-,12-/m1/s1. The lowest BCUT2D eigenvalue weighted by Gasteiger charge is -2.09. The van der Waals surface area contributed by atoms with Gasteiger partial charge in [-0.25, -0.2) is 4.79 Å². The van der Waals surface area contributed by atoms with Crippen LogP contribution in [0.5, 0.6) is 5.75 Å². The Hall–Kier alpha value is -1.59. The van der Waals surface area contributed by atoms with Gasteiger partial charge in [0.05, 0.1) is 6.61 Å². The van der Waals surface area contributed by atoms with E-state index in [-0.39, 0.29) is 18.8 Å². The van der Waals surface area contributed by atoms with E-state index >= 15 is 0 Å². The maximum atomic E-state index is 11.4. The van der Waals surface area contributed by atoms with Crippen molar-refractivity contribution in [3.05, 3.63) is 30.3 Å². The van der Waals surface area contributed by atoms with Gasteiger partial charge in [-0.15, -0.1) is 0 Å². The van der Waals surface area contributed by atoms with Crippen LogP contribution >= 0.6 is 0 Å². The summed E-state index contributed by atoms with van der Waals surface area (Å²) >= 11 is 0. The Morgan fingerprint density at radius 1 is 1.39 bits per heavy atom. The lowest BCUT2D eigenvalue weighted by molar-refractivity contribution is -0.0881. The summed E-state index contributed by atoms with van der Waals surface area (Å²) in [6, 6.07) is 8.81. The van der Waals surface area contributed by atoms with Crippen molar-refractivity contribution >= 4 is 6.16 Å². The minimum Gasteiger partial charge on any atom is -0.434 e. The van der Waals surface area contributed by atoms with Crippen LogP contribution in [0.3, 0.4) is 0 Å². The topological polar surface area (TPSA) is 54.0 Å². The summed E-state index contributed by atoms with van der Waals surface area (Å²) in [6.07, 6.45) is -0.152. The molecular formula is C13H16O5. The fraction of sp³-hybridized carbons (Fsp3) is 0.462. The van der Waals surface area contributed by atoms with Gasteiger partial charge in [0.15, 0.2) is 6.29 Å². The van der Waals surface area contributed by atoms with Crippen LogP contribution < -0.4 is 4.74 Å². The number of carbonyl (C=O) groups excluding carboxylic acids is 1. The van der Waals surface area contributed by atoms with E-state index in [1.165, 1.54) is 0 Å². The normalized spacial score (nSPS) is 22.7.